The molecule has 0 saturated carbocycles. The standard InChI is InChI=1S/C31H39N7O2/c1-5-15-37-20-23-19-32-30(33-24-8-9-26(21(3)18-24)40-25-12-16-36(4)17-13-25)35-29(23)38(37)27-10-7-22-11-14-31(39,6-2)28(22)34-27/h5,7-10,18-19,25,39H,1,6,11-17,20H2,2-4H3,(H,32,33,35)/t31-/m1/s1. The number of piperidine rings is 1. The lowest BCUT2D eigenvalue weighted by Crippen LogP contribution is -2.35. The van der Waals surface area contributed by atoms with Crippen LogP contribution in [0.1, 0.15) is 55.0 Å². The van der Waals surface area contributed by atoms with Gasteiger partial charge in [-0.15, -0.1) is 6.58 Å². The number of hydrazine groups is 1. The number of fused-ring (bicyclic) bond motifs is 2. The third-order valence-electron chi connectivity index (χ3n) is 8.42. The van der Waals surface area contributed by atoms with Crippen LogP contribution in [0, 0.1) is 6.92 Å². The molecular weight excluding hydrogens is 502 g/mol. The third-order valence-corrected chi connectivity index (χ3v) is 8.42. The largest absolute Gasteiger partial charge is 0.490 e. The minimum atomic E-state index is -0.878. The number of ether oxygens (including phenoxy) is 1. The number of benzene rings is 1. The quantitative estimate of drug-likeness (QED) is 0.383. The lowest BCUT2D eigenvalue weighted by Gasteiger charge is -2.29. The number of nitrogens with one attached hydrogen (secondary N) is 1. The fourth-order valence-electron chi connectivity index (χ4n) is 5.98. The summed E-state index contributed by atoms with van der Waals surface area (Å²) in [5.41, 5.74) is 4.02. The van der Waals surface area contributed by atoms with Gasteiger partial charge in [0.1, 0.15) is 23.3 Å². The van der Waals surface area contributed by atoms with Crippen molar-refractivity contribution in [1.29, 1.82) is 0 Å². The molecular formula is C31H39N7O2. The number of anilines is 4. The summed E-state index contributed by atoms with van der Waals surface area (Å²) in [5.74, 6) is 2.96. The summed E-state index contributed by atoms with van der Waals surface area (Å²) in [6, 6.07) is 10.2. The first-order chi connectivity index (χ1) is 19.4. The predicted molar refractivity (Wildman–Crippen MR) is 157 cm³/mol. The summed E-state index contributed by atoms with van der Waals surface area (Å²) in [6.45, 7) is 11.5. The third kappa shape index (κ3) is 5.05. The molecule has 2 aromatic heterocycles. The highest BCUT2D eigenvalue weighted by Crippen LogP contribution is 2.42. The molecule has 0 radical (unpaired) electrons. The Bertz CT molecular complexity index is 1400. The molecule has 3 aliphatic rings. The van der Waals surface area contributed by atoms with Crippen molar-refractivity contribution in [2.75, 3.05) is 37.0 Å². The number of hydrogen-bond donors (Lipinski definition) is 2. The number of rotatable bonds is 8. The molecule has 4 heterocycles. The average molecular weight is 542 g/mol. The number of aliphatic hydroxyl groups is 1. The summed E-state index contributed by atoms with van der Waals surface area (Å²) in [5, 5.41) is 18.7. The molecule has 0 amide bonds. The zero-order valence-electron chi connectivity index (χ0n) is 23.7. The van der Waals surface area contributed by atoms with Crippen LogP contribution in [0.5, 0.6) is 5.75 Å². The molecule has 1 saturated heterocycles. The first-order valence-electron chi connectivity index (χ1n) is 14.3. The average Bonchev–Trinajstić information content (AvgIpc) is 3.48. The van der Waals surface area contributed by atoms with Crippen molar-refractivity contribution >= 4 is 23.3 Å². The minimum Gasteiger partial charge on any atom is -0.490 e. The maximum Gasteiger partial charge on any atom is 0.229 e. The zero-order valence-corrected chi connectivity index (χ0v) is 23.7. The fourth-order valence-corrected chi connectivity index (χ4v) is 5.98. The van der Waals surface area contributed by atoms with E-state index in [4.69, 9.17) is 14.7 Å². The molecule has 2 N–H and O–H groups in total. The highest BCUT2D eigenvalue weighted by Gasteiger charge is 2.38. The second kappa shape index (κ2) is 10.8. The van der Waals surface area contributed by atoms with Crippen molar-refractivity contribution in [1.82, 2.24) is 24.9 Å². The molecule has 6 rings (SSSR count). The summed E-state index contributed by atoms with van der Waals surface area (Å²) in [6.07, 6.45) is 8.31. The molecule has 0 bridgehead atoms. The van der Waals surface area contributed by atoms with Crippen LogP contribution in [0.15, 0.2) is 49.2 Å². The number of aryl methyl sites for hydroxylation is 2. The molecule has 0 spiro atoms. The van der Waals surface area contributed by atoms with Crippen LogP contribution in [0.2, 0.25) is 0 Å². The number of hydrogen-bond acceptors (Lipinski definition) is 9. The maximum absolute atomic E-state index is 11.2. The Hall–Kier alpha value is -3.53. The normalized spacial score (nSPS) is 21.4. The van der Waals surface area contributed by atoms with Gasteiger partial charge in [-0.05, 0) is 81.5 Å². The number of pyridine rings is 1. The molecule has 3 aromatic rings. The summed E-state index contributed by atoms with van der Waals surface area (Å²) in [4.78, 5) is 16.9. The molecule has 1 atom stereocenters. The van der Waals surface area contributed by atoms with Crippen molar-refractivity contribution in [2.45, 2.75) is 64.2 Å². The highest BCUT2D eigenvalue weighted by atomic mass is 16.5. The lowest BCUT2D eigenvalue weighted by atomic mass is 9.98. The highest BCUT2D eigenvalue weighted by molar-refractivity contribution is 5.65. The van der Waals surface area contributed by atoms with Crippen molar-refractivity contribution in [2.24, 2.45) is 0 Å². The van der Waals surface area contributed by atoms with Crippen LogP contribution in [0.3, 0.4) is 0 Å². The van der Waals surface area contributed by atoms with Gasteiger partial charge in [0.2, 0.25) is 5.95 Å². The second-order valence-corrected chi connectivity index (χ2v) is 11.3. The van der Waals surface area contributed by atoms with E-state index in [2.05, 4.69) is 52.9 Å². The predicted octanol–water partition coefficient (Wildman–Crippen LogP) is 5.00. The summed E-state index contributed by atoms with van der Waals surface area (Å²) in [7, 11) is 2.16. The van der Waals surface area contributed by atoms with E-state index in [0.717, 1.165) is 77.8 Å². The topological polar surface area (TPSA) is 89.9 Å². The van der Waals surface area contributed by atoms with Gasteiger partial charge in [-0.1, -0.05) is 19.1 Å². The fraction of sp³-hybridized carbons (Fsp3) is 0.452. The molecule has 1 aliphatic carbocycles. The van der Waals surface area contributed by atoms with E-state index in [1.807, 2.05) is 42.4 Å². The van der Waals surface area contributed by atoms with E-state index < -0.39 is 5.60 Å². The Morgan fingerprint density at radius 3 is 2.75 bits per heavy atom. The van der Waals surface area contributed by atoms with E-state index in [1.54, 1.807) is 0 Å². The van der Waals surface area contributed by atoms with Gasteiger partial charge in [0.15, 0.2) is 5.82 Å². The summed E-state index contributed by atoms with van der Waals surface area (Å²) < 4.78 is 6.32. The number of likely N-dealkylation sites (tertiary alicyclic amines) is 1. The minimum absolute atomic E-state index is 0.263. The molecule has 40 heavy (non-hydrogen) atoms. The monoisotopic (exact) mass is 541 g/mol. The van der Waals surface area contributed by atoms with Gasteiger partial charge in [-0.3, -0.25) is 0 Å². The molecule has 9 heteroatoms. The van der Waals surface area contributed by atoms with Crippen LogP contribution < -0.4 is 15.1 Å². The van der Waals surface area contributed by atoms with E-state index in [-0.39, 0.29) is 6.10 Å². The molecule has 210 valence electrons. The van der Waals surface area contributed by atoms with Crippen molar-refractivity contribution < 1.29 is 9.84 Å². The molecule has 1 fully saturated rings. The second-order valence-electron chi connectivity index (χ2n) is 11.3. The van der Waals surface area contributed by atoms with Gasteiger partial charge < -0.3 is 20.1 Å². The number of nitrogens with zero attached hydrogens (tertiary/aromatic N) is 6. The molecule has 1 aromatic carbocycles. The van der Waals surface area contributed by atoms with E-state index >= 15 is 0 Å². The van der Waals surface area contributed by atoms with Crippen LogP contribution in [-0.2, 0) is 18.6 Å². The summed E-state index contributed by atoms with van der Waals surface area (Å²) >= 11 is 0. The van der Waals surface area contributed by atoms with Gasteiger partial charge in [-0.25, -0.2) is 20.0 Å². The Balaban J connectivity index is 1.25. The van der Waals surface area contributed by atoms with Crippen molar-refractivity contribution in [3.63, 3.8) is 0 Å². The Morgan fingerprint density at radius 1 is 1.18 bits per heavy atom. The van der Waals surface area contributed by atoms with E-state index in [1.165, 1.54) is 0 Å². The molecule has 9 nitrogen and oxygen atoms in total. The smallest absolute Gasteiger partial charge is 0.229 e. The molecule has 2 aliphatic heterocycles. The lowest BCUT2D eigenvalue weighted by molar-refractivity contribution is 0.0306. The van der Waals surface area contributed by atoms with Gasteiger partial charge in [-0.2, -0.15) is 4.98 Å². The molecule has 0 unspecified atom stereocenters. The Kier molecular flexibility index (Phi) is 7.20. The van der Waals surface area contributed by atoms with Crippen LogP contribution in [-0.4, -0.2) is 62.8 Å². The van der Waals surface area contributed by atoms with E-state index in [0.29, 0.717) is 31.9 Å². The number of aromatic nitrogens is 3. The van der Waals surface area contributed by atoms with Crippen LogP contribution in [0.4, 0.5) is 23.3 Å². The zero-order chi connectivity index (χ0) is 27.9. The van der Waals surface area contributed by atoms with Crippen LogP contribution >= 0.6 is 0 Å². The Labute approximate surface area is 236 Å². The van der Waals surface area contributed by atoms with Gasteiger partial charge in [0.25, 0.3) is 0 Å². The Morgan fingerprint density at radius 2 is 2.00 bits per heavy atom. The SMILES string of the molecule is C=CCN1Cc2cnc(Nc3ccc(OC4CCN(C)CC4)c(C)c3)nc2N1c1ccc2c(n1)[C@@](O)(CC)CC2. The van der Waals surface area contributed by atoms with Crippen molar-refractivity contribution in [3.8, 4) is 5.75 Å². The first-order valence-corrected chi connectivity index (χ1v) is 14.3. The van der Waals surface area contributed by atoms with Gasteiger partial charge in [0.05, 0.1) is 5.69 Å². The van der Waals surface area contributed by atoms with Gasteiger partial charge in [0, 0.05) is 43.6 Å². The van der Waals surface area contributed by atoms with E-state index in [9.17, 15) is 5.11 Å². The van der Waals surface area contributed by atoms with Gasteiger partial charge >= 0.3 is 0 Å². The first kappa shape index (κ1) is 26.7. The van der Waals surface area contributed by atoms with Crippen molar-refractivity contribution in [3.05, 3.63) is 71.6 Å². The van der Waals surface area contributed by atoms with Crippen LogP contribution in [0.25, 0.3) is 0 Å². The maximum atomic E-state index is 11.2.